The standard InChI is InChI=1S/C30H32BrN3O5S/c1-5-38-24-16-21(22(31)17-23(24)37-4)27-26(29(36)39-6-2)18(3)32-30-34(27)28(35)25(40-30)15-19-9-11-20(12-10-19)33-13-7-8-14-33/h9-12,15-17,27H,5-8,13-14H2,1-4H3/b25-15+/t27-/m0/s1. The Morgan fingerprint density at radius 2 is 1.85 bits per heavy atom. The molecule has 40 heavy (non-hydrogen) atoms. The molecule has 3 heterocycles. The fraction of sp³-hybridized carbons (Fsp3) is 0.367. The predicted molar refractivity (Wildman–Crippen MR) is 160 cm³/mol. The maximum atomic E-state index is 14.0. The van der Waals surface area contributed by atoms with Crippen LogP contribution in [0.2, 0.25) is 0 Å². The molecular formula is C30H32BrN3O5S. The number of hydrogen-bond donors (Lipinski definition) is 0. The summed E-state index contributed by atoms with van der Waals surface area (Å²) in [7, 11) is 1.57. The van der Waals surface area contributed by atoms with Crippen LogP contribution in [-0.4, -0.2) is 43.9 Å². The number of esters is 1. The minimum absolute atomic E-state index is 0.203. The van der Waals surface area contributed by atoms with E-state index in [9.17, 15) is 9.59 Å². The van der Waals surface area contributed by atoms with Gasteiger partial charge in [-0.15, -0.1) is 0 Å². The Morgan fingerprint density at radius 1 is 1.12 bits per heavy atom. The van der Waals surface area contributed by atoms with Crippen LogP contribution in [0.4, 0.5) is 5.69 Å². The maximum absolute atomic E-state index is 14.0. The first-order valence-electron chi connectivity index (χ1n) is 13.4. The van der Waals surface area contributed by atoms with Crippen molar-refractivity contribution in [2.75, 3.05) is 38.3 Å². The highest BCUT2D eigenvalue weighted by molar-refractivity contribution is 9.10. The van der Waals surface area contributed by atoms with E-state index in [1.807, 2.05) is 31.2 Å². The molecule has 0 radical (unpaired) electrons. The third-order valence-corrected chi connectivity index (χ3v) is 8.73. The second-order valence-electron chi connectivity index (χ2n) is 9.55. The van der Waals surface area contributed by atoms with Crippen LogP contribution >= 0.6 is 27.3 Å². The fourth-order valence-electron chi connectivity index (χ4n) is 5.18. The molecule has 0 N–H and O–H groups in total. The first-order chi connectivity index (χ1) is 19.4. The zero-order valence-corrected chi connectivity index (χ0v) is 25.4. The average molecular weight is 627 g/mol. The van der Waals surface area contributed by atoms with E-state index >= 15 is 0 Å². The van der Waals surface area contributed by atoms with Gasteiger partial charge in [0.15, 0.2) is 16.3 Å². The van der Waals surface area contributed by atoms with Crippen LogP contribution in [0.25, 0.3) is 6.08 Å². The summed E-state index contributed by atoms with van der Waals surface area (Å²) in [6, 6.07) is 11.1. The highest BCUT2D eigenvalue weighted by Crippen LogP contribution is 2.41. The van der Waals surface area contributed by atoms with Crippen LogP contribution in [0.3, 0.4) is 0 Å². The lowest BCUT2D eigenvalue weighted by Crippen LogP contribution is -2.40. The van der Waals surface area contributed by atoms with Crippen LogP contribution in [0, 0.1) is 0 Å². The van der Waals surface area contributed by atoms with E-state index in [1.54, 1.807) is 31.6 Å². The number of methoxy groups -OCH3 is 1. The van der Waals surface area contributed by atoms with Crippen molar-refractivity contribution in [3.05, 3.63) is 83.0 Å². The molecule has 0 saturated carbocycles. The molecule has 2 aromatic carbocycles. The molecule has 1 saturated heterocycles. The van der Waals surface area contributed by atoms with Gasteiger partial charge in [0.25, 0.3) is 5.56 Å². The summed E-state index contributed by atoms with van der Waals surface area (Å²) < 4.78 is 19.6. The number of aromatic nitrogens is 1. The molecule has 2 aliphatic rings. The number of anilines is 1. The topological polar surface area (TPSA) is 82.4 Å². The molecule has 10 heteroatoms. The van der Waals surface area contributed by atoms with Gasteiger partial charge in [-0.2, -0.15) is 0 Å². The van der Waals surface area contributed by atoms with E-state index < -0.39 is 12.0 Å². The molecule has 0 bridgehead atoms. The second kappa shape index (κ2) is 12.0. The van der Waals surface area contributed by atoms with E-state index in [1.165, 1.54) is 29.9 Å². The number of hydrogen-bond acceptors (Lipinski definition) is 8. The molecule has 2 aliphatic heterocycles. The van der Waals surface area contributed by atoms with Gasteiger partial charge in [0.2, 0.25) is 0 Å². The van der Waals surface area contributed by atoms with Gasteiger partial charge in [-0.1, -0.05) is 39.4 Å². The third kappa shape index (κ3) is 5.34. The summed E-state index contributed by atoms with van der Waals surface area (Å²) in [5.41, 5.74) is 3.38. The highest BCUT2D eigenvalue weighted by Gasteiger charge is 2.35. The van der Waals surface area contributed by atoms with E-state index in [0.717, 1.165) is 18.7 Å². The van der Waals surface area contributed by atoms with Crippen molar-refractivity contribution in [3.8, 4) is 11.5 Å². The van der Waals surface area contributed by atoms with Crippen LogP contribution in [0.5, 0.6) is 11.5 Å². The average Bonchev–Trinajstić information content (AvgIpc) is 3.58. The van der Waals surface area contributed by atoms with Gasteiger partial charge in [-0.25, -0.2) is 9.79 Å². The van der Waals surface area contributed by atoms with Crippen LogP contribution in [0.15, 0.2) is 61.9 Å². The zero-order valence-electron chi connectivity index (χ0n) is 23.0. The molecule has 0 amide bonds. The number of carbonyl (C=O) groups excluding carboxylic acids is 1. The van der Waals surface area contributed by atoms with Crippen molar-refractivity contribution >= 4 is 45.0 Å². The van der Waals surface area contributed by atoms with Crippen LogP contribution < -0.4 is 29.3 Å². The Kier molecular flexibility index (Phi) is 8.46. The van der Waals surface area contributed by atoms with Gasteiger partial charge in [0.1, 0.15) is 0 Å². The summed E-state index contributed by atoms with van der Waals surface area (Å²) in [6.45, 7) is 8.19. The quantitative estimate of drug-likeness (QED) is 0.341. The molecule has 0 spiro atoms. The molecule has 0 unspecified atom stereocenters. The molecule has 0 aliphatic carbocycles. The first-order valence-corrected chi connectivity index (χ1v) is 15.0. The van der Waals surface area contributed by atoms with Gasteiger partial charge < -0.3 is 19.1 Å². The zero-order chi connectivity index (χ0) is 28.4. The van der Waals surface area contributed by atoms with E-state index in [2.05, 4.69) is 38.0 Å². The Bertz CT molecular complexity index is 1640. The number of allylic oxidation sites excluding steroid dienone is 1. The molecule has 1 fully saturated rings. The maximum Gasteiger partial charge on any atom is 0.338 e. The van der Waals surface area contributed by atoms with Gasteiger partial charge >= 0.3 is 5.97 Å². The van der Waals surface area contributed by atoms with Crippen molar-refractivity contribution in [1.29, 1.82) is 0 Å². The number of nitrogens with zero attached hydrogens (tertiary/aromatic N) is 3. The molecule has 3 aromatic rings. The number of carbonyl (C=O) groups is 1. The van der Waals surface area contributed by atoms with Crippen molar-refractivity contribution in [1.82, 2.24) is 4.57 Å². The van der Waals surface area contributed by atoms with Gasteiger partial charge in [-0.05, 0) is 75.1 Å². The summed E-state index contributed by atoms with van der Waals surface area (Å²) in [4.78, 5) is 34.8. The Labute approximate surface area is 245 Å². The van der Waals surface area contributed by atoms with Gasteiger partial charge in [0, 0.05) is 23.2 Å². The summed E-state index contributed by atoms with van der Waals surface area (Å²) in [6.07, 6.45) is 4.31. The smallest absolute Gasteiger partial charge is 0.338 e. The molecular weight excluding hydrogens is 594 g/mol. The number of fused-ring (bicyclic) bond motifs is 1. The van der Waals surface area contributed by atoms with Crippen molar-refractivity contribution in [2.45, 2.75) is 39.7 Å². The minimum Gasteiger partial charge on any atom is -0.493 e. The normalized spacial score (nSPS) is 17.1. The monoisotopic (exact) mass is 625 g/mol. The second-order valence-corrected chi connectivity index (χ2v) is 11.4. The summed E-state index contributed by atoms with van der Waals surface area (Å²) in [5.74, 6) is 0.545. The number of halogens is 1. The third-order valence-electron chi connectivity index (χ3n) is 7.06. The van der Waals surface area contributed by atoms with Crippen molar-refractivity contribution in [3.63, 3.8) is 0 Å². The van der Waals surface area contributed by atoms with Crippen molar-refractivity contribution < 1.29 is 19.0 Å². The minimum atomic E-state index is -0.769. The first kappa shape index (κ1) is 28.2. The SMILES string of the molecule is CCOC(=O)C1=C(C)N=c2s/c(=C/c3ccc(N4CCCC4)cc3)c(=O)n2[C@H]1c1cc(OCC)c(OC)cc1Br. The highest BCUT2D eigenvalue weighted by atomic mass is 79.9. The molecule has 5 rings (SSSR count). The van der Waals surface area contributed by atoms with Gasteiger partial charge in [-0.3, -0.25) is 9.36 Å². The van der Waals surface area contributed by atoms with E-state index in [-0.39, 0.29) is 12.2 Å². The largest absolute Gasteiger partial charge is 0.493 e. The van der Waals surface area contributed by atoms with E-state index in [4.69, 9.17) is 14.2 Å². The number of ether oxygens (including phenoxy) is 3. The summed E-state index contributed by atoms with van der Waals surface area (Å²) >= 11 is 4.96. The number of rotatable bonds is 8. The Morgan fingerprint density at radius 3 is 2.50 bits per heavy atom. The Balaban J connectivity index is 1.66. The molecule has 8 nitrogen and oxygen atoms in total. The fourth-order valence-corrected chi connectivity index (χ4v) is 6.77. The lowest BCUT2D eigenvalue weighted by Gasteiger charge is -2.26. The lowest BCUT2D eigenvalue weighted by atomic mass is 9.95. The number of benzene rings is 2. The lowest BCUT2D eigenvalue weighted by molar-refractivity contribution is -0.139. The number of thiazole rings is 1. The Hall–Kier alpha value is -3.37. The molecule has 210 valence electrons. The van der Waals surface area contributed by atoms with Gasteiger partial charge in [0.05, 0.1) is 42.2 Å². The molecule has 1 atom stereocenters. The molecule has 1 aromatic heterocycles. The van der Waals surface area contributed by atoms with Crippen molar-refractivity contribution in [2.24, 2.45) is 4.99 Å². The van der Waals surface area contributed by atoms with Crippen LogP contribution in [-0.2, 0) is 9.53 Å². The van der Waals surface area contributed by atoms with Crippen LogP contribution in [0.1, 0.15) is 50.8 Å². The van der Waals surface area contributed by atoms with E-state index in [0.29, 0.717) is 48.7 Å². The predicted octanol–water partition coefficient (Wildman–Crippen LogP) is 4.57. The summed E-state index contributed by atoms with van der Waals surface area (Å²) in [5, 5.41) is 0.